The van der Waals surface area contributed by atoms with Crippen LogP contribution in [0.4, 0.5) is 16.0 Å². The number of hydrogen-bond acceptors (Lipinski definition) is 7. The molecule has 0 radical (unpaired) electrons. The maximum atomic E-state index is 13.8. The number of nitrogen functional groups attached to an aromatic ring is 1. The van der Waals surface area contributed by atoms with Gasteiger partial charge in [0.05, 0.1) is 11.9 Å². The van der Waals surface area contributed by atoms with Crippen LogP contribution in [0.1, 0.15) is 16.8 Å². The predicted molar refractivity (Wildman–Crippen MR) is 120 cm³/mol. The van der Waals surface area contributed by atoms with E-state index in [2.05, 4.69) is 37.0 Å². The monoisotopic (exact) mass is 422 g/mol. The first-order valence-corrected chi connectivity index (χ1v) is 10.3. The number of nitrogens with two attached hydrogens (primary N) is 2. The number of anilines is 2. The van der Waals surface area contributed by atoms with Crippen molar-refractivity contribution in [2.75, 3.05) is 43.4 Å². The van der Waals surface area contributed by atoms with Gasteiger partial charge in [-0.1, -0.05) is 12.2 Å². The number of halogens is 1. The van der Waals surface area contributed by atoms with E-state index in [4.69, 9.17) is 11.5 Å². The minimum atomic E-state index is -0.233. The summed E-state index contributed by atoms with van der Waals surface area (Å²) in [6.45, 7) is 6.72. The van der Waals surface area contributed by atoms with Gasteiger partial charge >= 0.3 is 0 Å². The largest absolute Gasteiger partial charge is 0.369 e. The van der Waals surface area contributed by atoms with E-state index < -0.39 is 0 Å². The lowest BCUT2D eigenvalue weighted by molar-refractivity contribution is 0.284. The summed E-state index contributed by atoms with van der Waals surface area (Å²) < 4.78 is 15.6. The maximum absolute atomic E-state index is 13.8. The number of benzene rings is 1. The first-order valence-electron chi connectivity index (χ1n) is 10.3. The summed E-state index contributed by atoms with van der Waals surface area (Å²) in [4.78, 5) is 12.7. The van der Waals surface area contributed by atoms with Crippen LogP contribution < -0.4 is 16.4 Å². The van der Waals surface area contributed by atoms with Crippen molar-refractivity contribution in [2.24, 2.45) is 5.73 Å². The minimum absolute atomic E-state index is 0.223. The van der Waals surface area contributed by atoms with Crippen molar-refractivity contribution in [2.45, 2.75) is 13.5 Å². The van der Waals surface area contributed by atoms with Crippen LogP contribution in [-0.2, 0) is 6.54 Å². The van der Waals surface area contributed by atoms with Crippen molar-refractivity contribution >= 4 is 17.7 Å². The molecule has 8 nitrogen and oxygen atoms in total. The Hall–Kier alpha value is -3.30. The number of piperazine rings is 1. The topological polar surface area (TPSA) is 102 Å². The van der Waals surface area contributed by atoms with E-state index in [1.165, 1.54) is 6.07 Å². The summed E-state index contributed by atoms with van der Waals surface area (Å²) in [7, 11) is 0. The standard InChI is InChI=1S/C22H27FN8/c1-16-18(15-27-31(16)21-4-5-26-22(25)28-21)3-2-6-29-7-9-30(10-8-29)20-12-17(14-24)11-19(23)13-20/h2-5,11-13,15H,6-10,14,24H2,1H3,(H2,25,26,28). The quantitative estimate of drug-likeness (QED) is 0.626. The summed E-state index contributed by atoms with van der Waals surface area (Å²) in [5, 5.41) is 4.42. The van der Waals surface area contributed by atoms with E-state index in [9.17, 15) is 4.39 Å². The fourth-order valence-electron chi connectivity index (χ4n) is 3.75. The summed E-state index contributed by atoms with van der Waals surface area (Å²) in [6, 6.07) is 6.83. The number of nitrogens with zero attached hydrogens (tertiary/aromatic N) is 6. The third-order valence-electron chi connectivity index (χ3n) is 5.50. The minimum Gasteiger partial charge on any atom is -0.369 e. The van der Waals surface area contributed by atoms with Crippen LogP contribution in [0, 0.1) is 12.7 Å². The highest BCUT2D eigenvalue weighted by Gasteiger charge is 2.17. The maximum Gasteiger partial charge on any atom is 0.221 e. The Labute approximate surface area is 181 Å². The molecule has 9 heteroatoms. The molecule has 162 valence electrons. The van der Waals surface area contributed by atoms with Crippen LogP contribution in [0.3, 0.4) is 0 Å². The molecule has 0 atom stereocenters. The molecular formula is C22H27FN8. The highest BCUT2D eigenvalue weighted by atomic mass is 19.1. The molecule has 0 unspecified atom stereocenters. The van der Waals surface area contributed by atoms with E-state index >= 15 is 0 Å². The summed E-state index contributed by atoms with van der Waals surface area (Å²) in [6.07, 6.45) is 7.67. The van der Waals surface area contributed by atoms with Crippen LogP contribution in [0.5, 0.6) is 0 Å². The van der Waals surface area contributed by atoms with Crippen molar-refractivity contribution in [3.05, 3.63) is 65.4 Å². The van der Waals surface area contributed by atoms with Gasteiger partial charge in [0.15, 0.2) is 5.82 Å². The molecule has 1 aliphatic heterocycles. The Balaban J connectivity index is 1.34. The smallest absolute Gasteiger partial charge is 0.221 e. The summed E-state index contributed by atoms with van der Waals surface area (Å²) in [5.74, 6) is 0.640. The van der Waals surface area contributed by atoms with Crippen molar-refractivity contribution in [3.63, 3.8) is 0 Å². The van der Waals surface area contributed by atoms with Crippen LogP contribution in [0.2, 0.25) is 0 Å². The van der Waals surface area contributed by atoms with Gasteiger partial charge in [-0.15, -0.1) is 0 Å². The molecular weight excluding hydrogens is 395 g/mol. The molecule has 1 fully saturated rings. The first kappa shape index (κ1) is 21.0. The SMILES string of the molecule is Cc1c(C=CCN2CCN(c3cc(F)cc(CN)c3)CC2)cnn1-c1ccnc(N)n1. The van der Waals surface area contributed by atoms with Crippen LogP contribution >= 0.6 is 0 Å². The molecule has 0 aliphatic carbocycles. The lowest BCUT2D eigenvalue weighted by Gasteiger charge is -2.35. The molecule has 3 aromatic rings. The van der Waals surface area contributed by atoms with Gasteiger partial charge < -0.3 is 16.4 Å². The molecule has 0 saturated carbocycles. The van der Waals surface area contributed by atoms with Gasteiger partial charge in [0.2, 0.25) is 5.95 Å². The normalized spacial score (nSPS) is 15.1. The van der Waals surface area contributed by atoms with E-state index in [1.807, 2.05) is 19.2 Å². The molecule has 4 N–H and O–H groups in total. The van der Waals surface area contributed by atoms with Gasteiger partial charge in [-0.3, -0.25) is 4.90 Å². The van der Waals surface area contributed by atoms with E-state index in [1.54, 1.807) is 23.0 Å². The van der Waals surface area contributed by atoms with Crippen molar-refractivity contribution in [1.29, 1.82) is 0 Å². The second-order valence-electron chi connectivity index (χ2n) is 7.58. The number of hydrogen-bond donors (Lipinski definition) is 2. The van der Waals surface area contributed by atoms with Crippen molar-refractivity contribution in [1.82, 2.24) is 24.6 Å². The third-order valence-corrected chi connectivity index (χ3v) is 5.50. The van der Waals surface area contributed by atoms with E-state index in [0.717, 1.165) is 55.2 Å². The lowest BCUT2D eigenvalue weighted by Crippen LogP contribution is -2.46. The van der Waals surface area contributed by atoms with Gasteiger partial charge in [-0.05, 0) is 30.7 Å². The van der Waals surface area contributed by atoms with Gasteiger partial charge in [0.25, 0.3) is 0 Å². The Morgan fingerprint density at radius 1 is 1.16 bits per heavy atom. The summed E-state index contributed by atoms with van der Waals surface area (Å²) >= 11 is 0. The fraction of sp³-hybridized carbons (Fsp3) is 0.318. The second kappa shape index (κ2) is 9.23. The molecule has 0 spiro atoms. The highest BCUT2D eigenvalue weighted by Crippen LogP contribution is 2.20. The summed E-state index contributed by atoms with van der Waals surface area (Å²) in [5.41, 5.74) is 15.1. The first-order chi connectivity index (χ1) is 15.0. The van der Waals surface area contributed by atoms with Crippen LogP contribution in [0.15, 0.2) is 42.7 Å². The Bertz CT molecular complexity index is 1070. The fourth-order valence-corrected chi connectivity index (χ4v) is 3.75. The van der Waals surface area contributed by atoms with Crippen molar-refractivity contribution in [3.8, 4) is 5.82 Å². The van der Waals surface area contributed by atoms with E-state index in [0.29, 0.717) is 12.4 Å². The average Bonchev–Trinajstić information content (AvgIpc) is 3.14. The average molecular weight is 423 g/mol. The van der Waals surface area contributed by atoms with Gasteiger partial charge in [-0.2, -0.15) is 10.1 Å². The van der Waals surface area contributed by atoms with E-state index in [-0.39, 0.29) is 11.8 Å². The third kappa shape index (κ3) is 4.89. The zero-order valence-electron chi connectivity index (χ0n) is 17.6. The number of aromatic nitrogens is 4. The molecule has 0 amide bonds. The lowest BCUT2D eigenvalue weighted by atomic mass is 10.1. The highest BCUT2D eigenvalue weighted by molar-refractivity contribution is 5.52. The Kier molecular flexibility index (Phi) is 6.24. The second-order valence-corrected chi connectivity index (χ2v) is 7.58. The molecule has 4 rings (SSSR count). The van der Waals surface area contributed by atoms with Gasteiger partial charge in [0, 0.05) is 62.8 Å². The molecule has 2 aromatic heterocycles. The molecule has 3 heterocycles. The van der Waals surface area contributed by atoms with Crippen LogP contribution in [0.25, 0.3) is 11.9 Å². The zero-order chi connectivity index (χ0) is 21.8. The molecule has 1 saturated heterocycles. The molecule has 31 heavy (non-hydrogen) atoms. The molecule has 1 aromatic carbocycles. The van der Waals surface area contributed by atoms with Gasteiger partial charge in [0.1, 0.15) is 5.82 Å². The molecule has 1 aliphatic rings. The Morgan fingerprint density at radius 2 is 1.97 bits per heavy atom. The zero-order valence-corrected chi connectivity index (χ0v) is 17.6. The van der Waals surface area contributed by atoms with Crippen LogP contribution in [-0.4, -0.2) is 57.4 Å². The number of rotatable bonds is 6. The van der Waals surface area contributed by atoms with Gasteiger partial charge in [-0.25, -0.2) is 14.1 Å². The predicted octanol–water partition coefficient (Wildman–Crippen LogP) is 1.99. The molecule has 0 bridgehead atoms. The Morgan fingerprint density at radius 3 is 2.71 bits per heavy atom. The van der Waals surface area contributed by atoms with Crippen molar-refractivity contribution < 1.29 is 4.39 Å².